The maximum absolute atomic E-state index is 9.87. The minimum absolute atomic E-state index is 0.133. The maximum Gasteiger partial charge on any atom is 0.0636 e. The summed E-state index contributed by atoms with van der Waals surface area (Å²) in [6, 6.07) is -19.2. The summed E-state index contributed by atoms with van der Waals surface area (Å²) in [5.74, 6) is 0. The molecule has 0 atom stereocenters. The van der Waals surface area contributed by atoms with E-state index in [0.29, 0.717) is 11.8 Å². The van der Waals surface area contributed by atoms with Gasteiger partial charge < -0.3 is 0 Å². The van der Waals surface area contributed by atoms with E-state index in [0.717, 1.165) is 0 Å². The minimum Gasteiger partial charge on any atom is -0.0888 e. The lowest BCUT2D eigenvalue weighted by Crippen LogP contribution is -1.94. The predicted molar refractivity (Wildman–Crippen MR) is 177 cm³/mol. The third-order valence-electron chi connectivity index (χ3n) is 6.82. The zero-order chi connectivity index (χ0) is 47.8. The Labute approximate surface area is 276 Å². The van der Waals surface area contributed by atoms with Gasteiger partial charge in [-0.2, -0.15) is 0 Å². The van der Waals surface area contributed by atoms with Gasteiger partial charge in [0.25, 0.3) is 0 Å². The highest BCUT2D eigenvalue weighted by atomic mass is 32.2. The normalized spacial score (nSPS) is 20.5. The van der Waals surface area contributed by atoms with Crippen molar-refractivity contribution in [1.29, 1.82) is 0 Å². The van der Waals surface area contributed by atoms with Crippen LogP contribution < -0.4 is 0 Å². The van der Waals surface area contributed by atoms with E-state index in [1.807, 2.05) is 0 Å². The first-order valence-corrected chi connectivity index (χ1v) is 13.0. The molecule has 1 aliphatic rings. The molecule has 0 unspecified atom stereocenters. The van der Waals surface area contributed by atoms with Crippen molar-refractivity contribution in [2.45, 2.75) is 9.79 Å². The van der Waals surface area contributed by atoms with E-state index in [9.17, 15) is 11.0 Å². The molecule has 1 aliphatic heterocycles. The lowest BCUT2D eigenvalue weighted by molar-refractivity contribution is 1.40. The molecule has 0 fully saturated rings. The van der Waals surface area contributed by atoms with Gasteiger partial charge in [0, 0.05) is 15.2 Å². The Morgan fingerprint density at radius 1 is 0.390 bits per heavy atom. The van der Waals surface area contributed by atoms with Crippen LogP contribution in [0.25, 0.3) is 76.5 Å². The summed E-state index contributed by atoms with van der Waals surface area (Å²) in [7, 11) is 0. The van der Waals surface area contributed by atoms with E-state index in [4.69, 9.17) is 21.9 Å². The highest BCUT2D eigenvalue weighted by Gasteiger charge is 2.20. The van der Waals surface area contributed by atoms with Crippen LogP contribution in [0.1, 0.15) is 32.9 Å². The first-order chi connectivity index (χ1) is 30.3. The zero-order valence-electron chi connectivity index (χ0n) is 44.4. The quantitative estimate of drug-likeness (QED) is 0.150. The minimum atomic E-state index is -0.998. The molecule has 1 heteroatoms. The molecule has 0 spiro atoms. The van der Waals surface area contributed by atoms with Crippen molar-refractivity contribution in [3.63, 3.8) is 0 Å². The monoisotopic (exact) mass is 560 g/mol. The van der Waals surface area contributed by atoms with Gasteiger partial charge in [-0.1, -0.05) is 133 Å². The van der Waals surface area contributed by atoms with Gasteiger partial charge in [-0.3, -0.25) is 0 Å². The molecule has 0 saturated heterocycles. The van der Waals surface area contributed by atoms with Crippen molar-refractivity contribution in [3.05, 3.63) is 145 Å². The standard InChI is InChI=1S/C40H24S/c1-3-13-29-25(9-1)19-20-35-36(29)24-27-10-2-4-14-31(27)39(35)28-12-7-11-26(23-28)30-21-22-38-40-33(30)16-8-17-34(40)32-15-5-6-18-37(32)41-38/h1-24H/i1D,2D,3D,4D,5D,6D,7D,8D,9D,10D,11D,12D,13D,14D,15D,16D,17D,18D,19D,20D,21D,22D,23D,24D. The van der Waals surface area contributed by atoms with Crippen molar-refractivity contribution >= 4 is 54.9 Å². The fourth-order valence-electron chi connectivity index (χ4n) is 5.08. The Hall–Kier alpha value is -4.85. The molecule has 0 nitrogen and oxygen atoms in total. The largest absolute Gasteiger partial charge is 0.0888 e. The van der Waals surface area contributed by atoms with E-state index in [1.54, 1.807) is 0 Å². The topological polar surface area (TPSA) is 0 Å². The molecule has 0 N–H and O–H groups in total. The van der Waals surface area contributed by atoms with Crippen LogP contribution in [-0.4, -0.2) is 0 Å². The third-order valence-corrected chi connectivity index (χ3v) is 7.84. The number of benzene rings is 8. The molecule has 8 aromatic carbocycles. The Bertz CT molecular complexity index is 3670. The lowest BCUT2D eigenvalue weighted by Gasteiger charge is -2.22. The lowest BCUT2D eigenvalue weighted by atomic mass is 9.88. The molecule has 1 heterocycles. The van der Waals surface area contributed by atoms with E-state index in [2.05, 4.69) is 0 Å². The summed E-state index contributed by atoms with van der Waals surface area (Å²) < 4.78 is 215. The summed E-state index contributed by atoms with van der Waals surface area (Å²) in [5.41, 5.74) is -3.34. The maximum atomic E-state index is 9.87. The van der Waals surface area contributed by atoms with Crippen LogP contribution in [0.3, 0.4) is 0 Å². The second kappa shape index (κ2) is 8.83. The van der Waals surface area contributed by atoms with Crippen molar-refractivity contribution < 1.29 is 32.9 Å². The second-order valence-corrected chi connectivity index (χ2v) is 10.0. The highest BCUT2D eigenvalue weighted by Crippen LogP contribution is 2.50. The molecule has 9 rings (SSSR count). The number of hydrogen-bond donors (Lipinski definition) is 0. The van der Waals surface area contributed by atoms with E-state index in [1.165, 1.54) is 0 Å². The molecule has 0 radical (unpaired) electrons. The van der Waals surface area contributed by atoms with Crippen molar-refractivity contribution in [1.82, 2.24) is 0 Å². The van der Waals surface area contributed by atoms with E-state index >= 15 is 0 Å². The van der Waals surface area contributed by atoms with Crippen LogP contribution in [0.4, 0.5) is 0 Å². The highest BCUT2D eigenvalue weighted by molar-refractivity contribution is 7.99. The van der Waals surface area contributed by atoms with Gasteiger partial charge >= 0.3 is 0 Å². The molecule has 41 heavy (non-hydrogen) atoms. The van der Waals surface area contributed by atoms with Crippen molar-refractivity contribution in [3.8, 4) is 33.4 Å². The Morgan fingerprint density at radius 2 is 1.12 bits per heavy atom. The summed E-state index contributed by atoms with van der Waals surface area (Å²) in [6.45, 7) is 0. The molecule has 0 amide bonds. The van der Waals surface area contributed by atoms with Crippen LogP contribution >= 0.6 is 11.8 Å². The van der Waals surface area contributed by atoms with Gasteiger partial charge in [0.15, 0.2) is 0 Å². The zero-order valence-corrected chi connectivity index (χ0v) is 21.2. The Balaban J connectivity index is 1.57. The van der Waals surface area contributed by atoms with Gasteiger partial charge in [0.1, 0.15) is 0 Å². The fraction of sp³-hybridized carbons (Fsp3) is 0. The molecule has 0 saturated carbocycles. The predicted octanol–water partition coefficient (Wildman–Crippen LogP) is 11.8. The number of fused-ring (bicyclic) bond motifs is 6. The average molecular weight is 561 g/mol. The first-order valence-electron chi connectivity index (χ1n) is 24.2. The van der Waals surface area contributed by atoms with Crippen LogP contribution in [0, 0.1) is 0 Å². The summed E-state index contributed by atoms with van der Waals surface area (Å²) in [4.78, 5) is -0.298. The Morgan fingerprint density at radius 3 is 2.07 bits per heavy atom. The average Bonchev–Trinajstić information content (AvgIpc) is 3.27. The molecule has 0 bridgehead atoms. The summed E-state index contributed by atoms with van der Waals surface area (Å²) >= 11 is 0.649. The molecule has 8 aromatic rings. The Kier molecular flexibility index (Phi) is 2.07. The third kappa shape index (κ3) is 3.43. The van der Waals surface area contributed by atoms with Crippen LogP contribution in [0.5, 0.6) is 0 Å². The van der Waals surface area contributed by atoms with Gasteiger partial charge in [0.2, 0.25) is 0 Å². The van der Waals surface area contributed by atoms with Gasteiger partial charge in [-0.25, -0.2) is 0 Å². The number of hydrogen-bond acceptors (Lipinski definition) is 1. The van der Waals surface area contributed by atoms with Crippen molar-refractivity contribution in [2.24, 2.45) is 0 Å². The first kappa shape index (κ1) is 9.62. The molecule has 0 aromatic heterocycles. The smallest absolute Gasteiger partial charge is 0.0636 e. The van der Waals surface area contributed by atoms with Crippen molar-refractivity contribution in [2.75, 3.05) is 0 Å². The van der Waals surface area contributed by atoms with Gasteiger partial charge in [-0.15, -0.1) is 0 Å². The summed E-state index contributed by atoms with van der Waals surface area (Å²) in [5, 5.41) is -4.02. The van der Waals surface area contributed by atoms with Crippen LogP contribution in [0.2, 0.25) is 0 Å². The number of rotatable bonds is 2. The fourth-order valence-corrected chi connectivity index (χ4v) is 6.05. The van der Waals surface area contributed by atoms with Crippen LogP contribution in [0.15, 0.2) is 155 Å². The van der Waals surface area contributed by atoms with Gasteiger partial charge in [0.05, 0.1) is 32.9 Å². The van der Waals surface area contributed by atoms with E-state index < -0.39 is 205 Å². The van der Waals surface area contributed by atoms with E-state index in [-0.39, 0.29) is 26.3 Å². The molecule has 190 valence electrons. The molecule has 0 aliphatic carbocycles. The molecular formula is C40H24S. The van der Waals surface area contributed by atoms with Crippen LogP contribution in [-0.2, 0) is 0 Å². The molecular weight excluding hydrogens is 513 g/mol. The SMILES string of the molecule is [2H]c1c([2H])c([2H])c2c(c1[2H])Sc1c([2H])c([2H])c(-c3c([2H])c([2H])c([2H])c(-c4c5c([2H])c([2H])c([2H])c([2H])c5c([2H])c5c4c([2H])c([2H])c4c([2H])c([2H])c([2H])c([2H])c45)c3[2H])c3c([2H])c([2H])c([2H])c-2c13. The summed E-state index contributed by atoms with van der Waals surface area (Å²) in [6.07, 6.45) is 0. The second-order valence-electron chi connectivity index (χ2n) is 9.01. The van der Waals surface area contributed by atoms with Gasteiger partial charge in [-0.05, 0) is 95.3 Å².